The van der Waals surface area contributed by atoms with Crippen LogP contribution in [0.2, 0.25) is 0 Å². The van der Waals surface area contributed by atoms with Crippen molar-refractivity contribution in [3.63, 3.8) is 0 Å². The average molecular weight is 257 g/mol. The molecular weight excluding hydrogens is 238 g/mol. The van der Waals surface area contributed by atoms with Crippen molar-refractivity contribution in [2.45, 2.75) is 26.8 Å². The lowest BCUT2D eigenvalue weighted by molar-refractivity contribution is 0.453. The minimum Gasteiger partial charge on any atom is -0.437 e. The second-order valence-corrected chi connectivity index (χ2v) is 4.33. The molecule has 0 aromatic carbocycles. The van der Waals surface area contributed by atoms with Crippen LogP contribution in [-0.4, -0.2) is 16.5 Å². The van der Waals surface area contributed by atoms with Gasteiger partial charge in [-0.15, -0.1) is 0 Å². The predicted molar refractivity (Wildman–Crippen MR) is 75.3 cm³/mol. The molecule has 0 fully saturated rings. The first-order valence-corrected chi connectivity index (χ1v) is 6.55. The monoisotopic (exact) mass is 257 g/mol. The first-order valence-electron chi connectivity index (χ1n) is 6.55. The van der Waals surface area contributed by atoms with E-state index in [-0.39, 0.29) is 0 Å². The van der Waals surface area contributed by atoms with E-state index in [1.807, 2.05) is 37.3 Å². The van der Waals surface area contributed by atoms with Crippen molar-refractivity contribution in [2.24, 2.45) is 0 Å². The lowest BCUT2D eigenvalue weighted by Gasteiger charge is -2.08. The van der Waals surface area contributed by atoms with Crippen LogP contribution in [0.25, 0.3) is 0 Å². The summed E-state index contributed by atoms with van der Waals surface area (Å²) in [4.78, 5) is 8.66. The van der Waals surface area contributed by atoms with E-state index in [0.717, 1.165) is 36.6 Å². The SMILES string of the molecule is CCCNCc1cccc(Oc2cccnc2C)n1. The molecule has 0 unspecified atom stereocenters. The van der Waals surface area contributed by atoms with Gasteiger partial charge in [-0.25, -0.2) is 4.98 Å². The number of nitrogens with one attached hydrogen (secondary N) is 1. The summed E-state index contributed by atoms with van der Waals surface area (Å²) in [5, 5.41) is 3.32. The fourth-order valence-electron chi connectivity index (χ4n) is 1.70. The Morgan fingerprint density at radius 2 is 2.11 bits per heavy atom. The fourth-order valence-corrected chi connectivity index (χ4v) is 1.70. The summed E-state index contributed by atoms with van der Waals surface area (Å²) >= 11 is 0. The van der Waals surface area contributed by atoms with Gasteiger partial charge in [0.1, 0.15) is 0 Å². The maximum atomic E-state index is 5.75. The van der Waals surface area contributed by atoms with E-state index in [9.17, 15) is 0 Å². The summed E-state index contributed by atoms with van der Waals surface area (Å²) in [5.41, 5.74) is 1.84. The third-order valence-electron chi connectivity index (χ3n) is 2.69. The largest absolute Gasteiger partial charge is 0.437 e. The molecule has 100 valence electrons. The van der Waals surface area contributed by atoms with E-state index in [1.165, 1.54) is 0 Å². The Labute approximate surface area is 113 Å². The van der Waals surface area contributed by atoms with Crippen molar-refractivity contribution in [3.05, 3.63) is 47.9 Å². The summed E-state index contributed by atoms with van der Waals surface area (Å²) in [5.74, 6) is 1.35. The Balaban J connectivity index is 2.05. The van der Waals surface area contributed by atoms with Crippen molar-refractivity contribution in [3.8, 4) is 11.6 Å². The molecule has 0 radical (unpaired) electrons. The summed E-state index contributed by atoms with van der Waals surface area (Å²) in [6.45, 7) is 5.82. The zero-order valence-corrected chi connectivity index (χ0v) is 11.4. The molecule has 0 saturated heterocycles. The van der Waals surface area contributed by atoms with Gasteiger partial charge in [-0.05, 0) is 38.1 Å². The minimum atomic E-state index is 0.604. The number of aryl methyl sites for hydroxylation is 1. The lowest BCUT2D eigenvalue weighted by Crippen LogP contribution is -2.14. The van der Waals surface area contributed by atoms with Gasteiger partial charge in [0.25, 0.3) is 0 Å². The molecule has 0 aliphatic rings. The van der Waals surface area contributed by atoms with Gasteiger partial charge in [-0.2, -0.15) is 0 Å². The van der Waals surface area contributed by atoms with Crippen molar-refractivity contribution >= 4 is 0 Å². The normalized spacial score (nSPS) is 10.4. The molecule has 2 aromatic heterocycles. The highest BCUT2D eigenvalue weighted by Gasteiger charge is 2.03. The van der Waals surface area contributed by atoms with Crippen LogP contribution in [-0.2, 0) is 6.54 Å². The smallest absolute Gasteiger partial charge is 0.219 e. The molecule has 4 nitrogen and oxygen atoms in total. The third kappa shape index (κ3) is 4.03. The van der Waals surface area contributed by atoms with Crippen molar-refractivity contribution in [1.29, 1.82) is 0 Å². The molecule has 1 N–H and O–H groups in total. The Bertz CT molecular complexity index is 528. The predicted octanol–water partition coefficient (Wildman–Crippen LogP) is 3.08. The molecule has 0 amide bonds. The van der Waals surface area contributed by atoms with Gasteiger partial charge in [-0.1, -0.05) is 13.0 Å². The van der Waals surface area contributed by atoms with Crippen LogP contribution in [0.3, 0.4) is 0 Å². The summed E-state index contributed by atoms with van der Waals surface area (Å²) in [7, 11) is 0. The number of pyridine rings is 2. The maximum Gasteiger partial charge on any atom is 0.219 e. The van der Waals surface area contributed by atoms with E-state index in [1.54, 1.807) is 6.20 Å². The number of aromatic nitrogens is 2. The molecular formula is C15H19N3O. The van der Waals surface area contributed by atoms with Crippen LogP contribution >= 0.6 is 0 Å². The summed E-state index contributed by atoms with van der Waals surface area (Å²) < 4.78 is 5.75. The summed E-state index contributed by atoms with van der Waals surface area (Å²) in [6, 6.07) is 9.55. The first-order chi connectivity index (χ1) is 9.29. The molecule has 0 saturated carbocycles. The van der Waals surface area contributed by atoms with E-state index < -0.39 is 0 Å². The Morgan fingerprint density at radius 3 is 2.89 bits per heavy atom. The summed E-state index contributed by atoms with van der Waals surface area (Å²) in [6.07, 6.45) is 2.87. The molecule has 0 aliphatic carbocycles. The van der Waals surface area contributed by atoms with Crippen molar-refractivity contribution in [2.75, 3.05) is 6.54 Å². The number of hydrogen-bond acceptors (Lipinski definition) is 4. The van der Waals surface area contributed by atoms with E-state index >= 15 is 0 Å². The number of nitrogens with zero attached hydrogens (tertiary/aromatic N) is 2. The topological polar surface area (TPSA) is 47.0 Å². The minimum absolute atomic E-state index is 0.604. The maximum absolute atomic E-state index is 5.75. The second-order valence-electron chi connectivity index (χ2n) is 4.33. The first kappa shape index (κ1) is 13.5. The van der Waals surface area contributed by atoms with Crippen LogP contribution in [0.15, 0.2) is 36.5 Å². The Hall–Kier alpha value is -1.94. The number of ether oxygens (including phenoxy) is 1. The van der Waals surface area contributed by atoms with Crippen LogP contribution in [0.4, 0.5) is 0 Å². The van der Waals surface area contributed by atoms with Gasteiger partial charge < -0.3 is 10.1 Å². The number of hydrogen-bond donors (Lipinski definition) is 1. The van der Waals surface area contributed by atoms with E-state index in [0.29, 0.717) is 5.88 Å². The van der Waals surface area contributed by atoms with Gasteiger partial charge in [-0.3, -0.25) is 4.98 Å². The fraction of sp³-hybridized carbons (Fsp3) is 0.333. The van der Waals surface area contributed by atoms with Gasteiger partial charge in [0.15, 0.2) is 5.75 Å². The van der Waals surface area contributed by atoms with Crippen LogP contribution < -0.4 is 10.1 Å². The highest BCUT2D eigenvalue weighted by molar-refractivity contribution is 5.30. The quantitative estimate of drug-likeness (QED) is 0.808. The highest BCUT2D eigenvalue weighted by Crippen LogP contribution is 2.21. The number of rotatable bonds is 6. The molecule has 0 aliphatic heterocycles. The van der Waals surface area contributed by atoms with E-state index in [2.05, 4.69) is 22.2 Å². The van der Waals surface area contributed by atoms with Gasteiger partial charge in [0.2, 0.25) is 5.88 Å². The Morgan fingerprint density at radius 1 is 1.21 bits per heavy atom. The second kappa shape index (κ2) is 6.85. The zero-order chi connectivity index (χ0) is 13.5. The standard InChI is InChI=1S/C15H19N3O/c1-3-9-16-11-13-6-4-8-15(18-13)19-14-7-5-10-17-12(14)2/h4-8,10,16H,3,9,11H2,1-2H3. The molecule has 0 spiro atoms. The molecule has 4 heteroatoms. The highest BCUT2D eigenvalue weighted by atomic mass is 16.5. The van der Waals surface area contributed by atoms with E-state index in [4.69, 9.17) is 4.74 Å². The molecule has 2 heterocycles. The van der Waals surface area contributed by atoms with Crippen molar-refractivity contribution < 1.29 is 4.74 Å². The molecule has 2 aromatic rings. The van der Waals surface area contributed by atoms with Gasteiger partial charge in [0, 0.05) is 18.8 Å². The van der Waals surface area contributed by atoms with Crippen molar-refractivity contribution in [1.82, 2.24) is 15.3 Å². The third-order valence-corrected chi connectivity index (χ3v) is 2.69. The van der Waals surface area contributed by atoms with Crippen LogP contribution in [0.5, 0.6) is 11.6 Å². The molecule has 0 atom stereocenters. The van der Waals surface area contributed by atoms with Crippen LogP contribution in [0.1, 0.15) is 24.7 Å². The van der Waals surface area contributed by atoms with Gasteiger partial charge in [0.05, 0.1) is 11.4 Å². The van der Waals surface area contributed by atoms with Crippen LogP contribution in [0, 0.1) is 6.92 Å². The molecule has 2 rings (SSSR count). The Kier molecular flexibility index (Phi) is 4.86. The lowest BCUT2D eigenvalue weighted by atomic mass is 10.3. The molecule has 19 heavy (non-hydrogen) atoms. The zero-order valence-electron chi connectivity index (χ0n) is 11.4. The van der Waals surface area contributed by atoms with Gasteiger partial charge >= 0.3 is 0 Å². The molecule has 0 bridgehead atoms. The average Bonchev–Trinajstić information content (AvgIpc) is 2.42.